The number of ether oxygens (including phenoxy) is 1. The van der Waals surface area contributed by atoms with Gasteiger partial charge in [-0.25, -0.2) is 4.79 Å². The molecular formula is C30H40N2O6S3. The smallest absolute Gasteiger partial charge is 0.329 e. The van der Waals surface area contributed by atoms with Crippen LogP contribution in [-0.4, -0.2) is 51.5 Å². The molecule has 0 saturated heterocycles. The minimum atomic E-state index is -1.11. The molecule has 0 spiro atoms. The fourth-order valence-corrected chi connectivity index (χ4v) is 6.40. The monoisotopic (exact) mass is 620 g/mol. The zero-order valence-corrected chi connectivity index (χ0v) is 26.8. The van der Waals surface area contributed by atoms with Crippen LogP contribution < -0.4 is 10.6 Å². The highest BCUT2D eigenvalue weighted by molar-refractivity contribution is 8.14. The summed E-state index contributed by atoms with van der Waals surface area (Å²) < 4.78 is 5.28. The molecule has 8 nitrogen and oxygen atoms in total. The van der Waals surface area contributed by atoms with Crippen LogP contribution in [-0.2, 0) is 35.1 Å². The van der Waals surface area contributed by atoms with Gasteiger partial charge in [-0.2, -0.15) is 0 Å². The highest BCUT2D eigenvalue weighted by atomic mass is 32.2. The fourth-order valence-electron chi connectivity index (χ4n) is 4.54. The first-order chi connectivity index (χ1) is 19.4. The number of thioether (sulfide) groups is 1. The summed E-state index contributed by atoms with van der Waals surface area (Å²) in [5.41, 5.74) is -0.0250. The summed E-state index contributed by atoms with van der Waals surface area (Å²) in [5, 5.41) is 5.00. The fraction of sp³-hybridized carbons (Fsp3) is 0.500. The van der Waals surface area contributed by atoms with Gasteiger partial charge < -0.3 is 15.4 Å². The van der Waals surface area contributed by atoms with Crippen molar-refractivity contribution in [2.24, 2.45) is 5.92 Å². The van der Waals surface area contributed by atoms with Crippen LogP contribution in [0.1, 0.15) is 65.2 Å². The average Bonchev–Trinajstić information content (AvgIpc) is 3.57. The van der Waals surface area contributed by atoms with Crippen molar-refractivity contribution in [3.63, 3.8) is 0 Å². The molecule has 11 heteroatoms. The summed E-state index contributed by atoms with van der Waals surface area (Å²) in [5.74, 6) is -1.30. The Hall–Kier alpha value is -2.63. The van der Waals surface area contributed by atoms with Crippen LogP contribution in [0.3, 0.4) is 0 Å². The summed E-state index contributed by atoms with van der Waals surface area (Å²) in [7, 11) is 0. The van der Waals surface area contributed by atoms with E-state index in [1.54, 1.807) is 18.3 Å². The standard InChI is InChI=1S/C28H36N2O5S2.C2H4OS/c1-5-35-26(33)22(17-21-13-14-23(37-21)20-11-7-6-8-12-20)29-27(34)28(15-9-10-16-28)30-25(32)24(18(2)3)36-19(4)31;1-2(3)4/h6-8,11-14,18,22,24H,5,9-10,15-17H2,1-4H3,(H,29,34)(H,30,32);1H3,(H,3,4). The lowest BCUT2D eigenvalue weighted by molar-refractivity contribution is -0.148. The lowest BCUT2D eigenvalue weighted by atomic mass is 9.94. The number of carbonyl (C=O) groups is 5. The van der Waals surface area contributed by atoms with Crippen LogP contribution >= 0.6 is 35.7 Å². The summed E-state index contributed by atoms with van der Waals surface area (Å²) in [6.07, 6.45) is 2.82. The lowest BCUT2D eigenvalue weighted by Crippen LogP contribution is -2.61. The van der Waals surface area contributed by atoms with Gasteiger partial charge in [-0.3, -0.25) is 19.2 Å². The molecule has 1 saturated carbocycles. The van der Waals surface area contributed by atoms with Gasteiger partial charge in [0.05, 0.1) is 11.9 Å². The number of nitrogens with one attached hydrogen (secondary N) is 2. The Morgan fingerprint density at radius 3 is 2.17 bits per heavy atom. The minimum absolute atomic E-state index is 0.0830. The van der Waals surface area contributed by atoms with Crippen LogP contribution in [0.25, 0.3) is 10.4 Å². The molecule has 1 fully saturated rings. The van der Waals surface area contributed by atoms with Crippen LogP contribution in [0.5, 0.6) is 0 Å². The number of carbonyl (C=O) groups excluding carboxylic acids is 5. The van der Waals surface area contributed by atoms with Gasteiger partial charge in [0.15, 0.2) is 10.2 Å². The van der Waals surface area contributed by atoms with E-state index in [4.69, 9.17) is 4.74 Å². The Morgan fingerprint density at radius 2 is 1.63 bits per heavy atom. The zero-order valence-electron chi connectivity index (χ0n) is 24.2. The minimum Gasteiger partial charge on any atom is -0.464 e. The predicted molar refractivity (Wildman–Crippen MR) is 168 cm³/mol. The second kappa shape index (κ2) is 16.7. The molecule has 224 valence electrons. The molecule has 1 heterocycles. The third kappa shape index (κ3) is 10.9. The van der Waals surface area contributed by atoms with Crippen molar-refractivity contribution in [3.8, 4) is 10.4 Å². The van der Waals surface area contributed by atoms with Gasteiger partial charge in [0.2, 0.25) is 11.8 Å². The van der Waals surface area contributed by atoms with E-state index in [1.807, 2.05) is 56.3 Å². The largest absolute Gasteiger partial charge is 0.464 e. The Bertz CT molecular complexity index is 1190. The highest BCUT2D eigenvalue weighted by Gasteiger charge is 2.45. The average molecular weight is 621 g/mol. The maximum absolute atomic E-state index is 13.6. The molecule has 41 heavy (non-hydrogen) atoms. The number of benzene rings is 1. The number of amides is 2. The number of esters is 1. The SMILES string of the molecule is CC(=O)S.CCOC(=O)C(Cc1ccc(-c2ccccc2)s1)NC(=O)C1(NC(=O)C(SC(C)=O)C(C)C)CCCC1. The van der Waals surface area contributed by atoms with Gasteiger partial charge >= 0.3 is 5.97 Å². The molecule has 1 aliphatic rings. The summed E-state index contributed by atoms with van der Waals surface area (Å²) in [6, 6.07) is 13.1. The van der Waals surface area contributed by atoms with Crippen molar-refractivity contribution in [3.05, 3.63) is 47.3 Å². The molecule has 0 aliphatic heterocycles. The van der Waals surface area contributed by atoms with E-state index in [-0.39, 0.29) is 34.6 Å². The van der Waals surface area contributed by atoms with Crippen molar-refractivity contribution in [2.75, 3.05) is 6.61 Å². The number of rotatable bonds is 11. The zero-order chi connectivity index (χ0) is 30.6. The summed E-state index contributed by atoms with van der Waals surface area (Å²) in [6.45, 7) is 8.51. The molecule has 1 aliphatic carbocycles. The van der Waals surface area contributed by atoms with Crippen LogP contribution in [0.15, 0.2) is 42.5 Å². The molecule has 0 bridgehead atoms. The van der Waals surface area contributed by atoms with Gasteiger partial charge in [0.1, 0.15) is 11.6 Å². The van der Waals surface area contributed by atoms with E-state index in [0.717, 1.165) is 39.9 Å². The molecule has 3 rings (SSSR count). The van der Waals surface area contributed by atoms with Gasteiger partial charge in [-0.15, -0.1) is 24.0 Å². The molecule has 2 unspecified atom stereocenters. The Morgan fingerprint density at radius 1 is 1.02 bits per heavy atom. The van der Waals surface area contributed by atoms with Crippen LogP contribution in [0.2, 0.25) is 0 Å². The molecule has 2 N–H and O–H groups in total. The van der Waals surface area contributed by atoms with Gasteiger partial charge in [0, 0.05) is 30.0 Å². The van der Waals surface area contributed by atoms with Gasteiger partial charge in [-0.05, 0) is 43.4 Å². The van der Waals surface area contributed by atoms with E-state index in [2.05, 4.69) is 23.3 Å². The first-order valence-corrected chi connectivity index (χ1v) is 15.8. The molecule has 2 amide bonds. The first kappa shape index (κ1) is 34.6. The van der Waals surface area contributed by atoms with E-state index < -0.39 is 22.8 Å². The van der Waals surface area contributed by atoms with E-state index in [1.165, 1.54) is 13.8 Å². The van der Waals surface area contributed by atoms with Crippen molar-refractivity contribution in [1.82, 2.24) is 10.6 Å². The number of thiol groups is 1. The van der Waals surface area contributed by atoms with E-state index in [0.29, 0.717) is 19.3 Å². The number of hydrogen-bond acceptors (Lipinski definition) is 8. The molecule has 1 aromatic carbocycles. The third-order valence-electron chi connectivity index (χ3n) is 6.41. The Balaban J connectivity index is 0.00000138. The van der Waals surface area contributed by atoms with Crippen molar-refractivity contribution in [2.45, 2.75) is 83.6 Å². The Kier molecular flexibility index (Phi) is 14.1. The van der Waals surface area contributed by atoms with Gasteiger partial charge in [-0.1, -0.05) is 68.8 Å². The Labute approximate surface area is 256 Å². The summed E-state index contributed by atoms with van der Waals surface area (Å²) >= 11 is 5.88. The molecule has 2 atom stereocenters. The molecule has 0 radical (unpaired) electrons. The molecular weight excluding hydrogens is 581 g/mol. The van der Waals surface area contributed by atoms with Crippen molar-refractivity contribution < 1.29 is 28.7 Å². The van der Waals surface area contributed by atoms with E-state index in [9.17, 15) is 24.0 Å². The van der Waals surface area contributed by atoms with Gasteiger partial charge in [0.25, 0.3) is 0 Å². The highest BCUT2D eigenvalue weighted by Crippen LogP contribution is 2.33. The topological polar surface area (TPSA) is 119 Å². The molecule has 1 aromatic heterocycles. The normalized spacial score (nSPS) is 15.2. The van der Waals surface area contributed by atoms with E-state index >= 15 is 0 Å². The van der Waals surface area contributed by atoms with Crippen LogP contribution in [0.4, 0.5) is 0 Å². The first-order valence-electron chi connectivity index (χ1n) is 13.7. The second-order valence-electron chi connectivity index (χ2n) is 10.2. The quantitative estimate of drug-likeness (QED) is 0.233. The second-order valence-corrected chi connectivity index (χ2v) is 13.3. The maximum Gasteiger partial charge on any atom is 0.329 e. The van der Waals surface area contributed by atoms with Crippen LogP contribution in [0, 0.1) is 5.92 Å². The third-order valence-corrected chi connectivity index (χ3v) is 8.91. The molecule has 2 aromatic rings. The number of hydrogen-bond donors (Lipinski definition) is 3. The number of thiophene rings is 1. The summed E-state index contributed by atoms with van der Waals surface area (Å²) in [4.78, 5) is 62.7. The lowest BCUT2D eigenvalue weighted by Gasteiger charge is -2.32. The van der Waals surface area contributed by atoms with Crippen molar-refractivity contribution in [1.29, 1.82) is 0 Å². The van der Waals surface area contributed by atoms with Crippen molar-refractivity contribution >= 4 is 63.7 Å². The predicted octanol–water partition coefficient (Wildman–Crippen LogP) is 5.20. The maximum atomic E-state index is 13.6.